The summed E-state index contributed by atoms with van der Waals surface area (Å²) in [5.74, 6) is 0.541. The number of rotatable bonds is 6. The van der Waals surface area contributed by atoms with Gasteiger partial charge in [-0.1, -0.05) is 18.2 Å². The fraction of sp³-hybridized carbons (Fsp3) is 0.364. The van der Waals surface area contributed by atoms with E-state index in [9.17, 15) is 9.59 Å². The van der Waals surface area contributed by atoms with E-state index in [0.29, 0.717) is 30.2 Å². The molecule has 2 aliphatic rings. The van der Waals surface area contributed by atoms with Crippen molar-refractivity contribution in [2.75, 3.05) is 27.9 Å². The maximum absolute atomic E-state index is 13.1. The number of methoxy groups -OCH3 is 2. The first-order valence-corrected chi connectivity index (χ1v) is 9.93. The highest BCUT2D eigenvalue weighted by atomic mass is 16.5. The van der Waals surface area contributed by atoms with Gasteiger partial charge < -0.3 is 29.4 Å². The number of nitrogens with one attached hydrogen (secondary N) is 2. The van der Waals surface area contributed by atoms with E-state index in [1.807, 2.05) is 30.3 Å². The molecule has 2 aromatic carbocycles. The fourth-order valence-electron chi connectivity index (χ4n) is 3.43. The van der Waals surface area contributed by atoms with E-state index in [4.69, 9.17) is 18.9 Å². The Kier molecular flexibility index (Phi) is 7.91. The van der Waals surface area contributed by atoms with Gasteiger partial charge in [0, 0.05) is 13.5 Å². The minimum absolute atomic E-state index is 0.251. The summed E-state index contributed by atoms with van der Waals surface area (Å²) in [6, 6.07) is 12.1. The van der Waals surface area contributed by atoms with Crippen LogP contribution < -0.4 is 20.0 Å². The van der Waals surface area contributed by atoms with Crippen LogP contribution >= 0.6 is 0 Å². The second-order valence-electron chi connectivity index (χ2n) is 7.18. The third kappa shape index (κ3) is 5.99. The van der Waals surface area contributed by atoms with Gasteiger partial charge in [-0.05, 0) is 48.4 Å². The van der Waals surface area contributed by atoms with Crippen molar-refractivity contribution in [1.82, 2.24) is 10.5 Å². The Morgan fingerprint density at radius 3 is 2.55 bits per heavy atom. The van der Waals surface area contributed by atoms with Crippen LogP contribution in [0, 0.1) is 5.92 Å². The summed E-state index contributed by atoms with van der Waals surface area (Å²) in [5, 5.41) is 5.82. The van der Waals surface area contributed by atoms with Crippen LogP contribution in [0.4, 0.5) is 0 Å². The monoisotopic (exact) mass is 425 g/mol. The molecule has 4 rings (SSSR count). The van der Waals surface area contributed by atoms with Gasteiger partial charge in [0.05, 0.1) is 20.1 Å². The van der Waals surface area contributed by atoms with Gasteiger partial charge in [0.25, 0.3) is 0 Å². The summed E-state index contributed by atoms with van der Waals surface area (Å²) < 4.78 is 21.3. The number of hydrogen-bond donors (Lipinski definition) is 2. The van der Waals surface area contributed by atoms with Crippen LogP contribution in [-0.2, 0) is 31.8 Å². The molecule has 0 aliphatic carbocycles. The first-order chi connectivity index (χ1) is 15.0. The molecule has 0 unspecified atom stereocenters. The van der Waals surface area contributed by atoms with Gasteiger partial charge in [0.1, 0.15) is 11.8 Å². The fourth-order valence-corrected chi connectivity index (χ4v) is 3.43. The lowest BCUT2D eigenvalue weighted by molar-refractivity contribution is -0.145. The normalized spacial score (nSPS) is 18.4. The van der Waals surface area contributed by atoms with Gasteiger partial charge in [-0.3, -0.25) is 4.79 Å². The van der Waals surface area contributed by atoms with Crippen molar-refractivity contribution in [1.29, 1.82) is 0 Å². The highest BCUT2D eigenvalue weighted by molar-refractivity contribution is 6.23. The van der Waals surface area contributed by atoms with Crippen molar-refractivity contribution in [3.63, 3.8) is 0 Å². The number of carbonyl (C=O) groups is 2. The Labute approximate surface area is 182 Å². The lowest BCUT2D eigenvalue weighted by Crippen LogP contribution is -2.48. The lowest BCUT2D eigenvalue weighted by atomic mass is 9.96. The Balaban J connectivity index is 1.97. The molecule has 0 saturated carbocycles. The average Bonchev–Trinajstić information content (AvgIpc) is 2.78. The minimum atomic E-state index is -0.837. The molecule has 2 atom stereocenters. The number of amides is 1. The molecular formula is C22H26BN2O6. The van der Waals surface area contributed by atoms with E-state index in [1.54, 1.807) is 19.2 Å². The Morgan fingerprint density at radius 1 is 1.13 bits per heavy atom. The topological polar surface area (TPSA) is 95.1 Å². The van der Waals surface area contributed by atoms with Crippen molar-refractivity contribution in [3.8, 4) is 17.2 Å². The van der Waals surface area contributed by atoms with Gasteiger partial charge in [-0.2, -0.15) is 0 Å². The van der Waals surface area contributed by atoms with Crippen LogP contribution in [0.25, 0.3) is 0 Å². The Morgan fingerprint density at radius 2 is 1.87 bits per heavy atom. The summed E-state index contributed by atoms with van der Waals surface area (Å²) in [5.41, 5.74) is 1.75. The highest BCUT2D eigenvalue weighted by Gasteiger charge is 2.27. The van der Waals surface area contributed by atoms with Crippen LogP contribution in [0.2, 0.25) is 0 Å². The zero-order valence-corrected chi connectivity index (χ0v) is 17.8. The second kappa shape index (κ2) is 10.8. The van der Waals surface area contributed by atoms with Crippen LogP contribution in [0.1, 0.15) is 11.1 Å². The Hall–Kier alpha value is -3.04. The maximum Gasteiger partial charge on any atom is 0.395 e. The van der Waals surface area contributed by atoms with Crippen LogP contribution in [0.3, 0.4) is 0 Å². The third-order valence-electron chi connectivity index (χ3n) is 5.04. The molecule has 0 fully saturated rings. The predicted molar refractivity (Wildman–Crippen MR) is 115 cm³/mol. The van der Waals surface area contributed by atoms with Crippen LogP contribution in [-0.4, -0.2) is 53.4 Å². The Bertz CT molecular complexity index is 905. The molecular weight excluding hydrogens is 399 g/mol. The standard InChI is InChI=1S/C22H26BN2O6/c1-28-19-9-6-15-11-18(22(27)29-2)25-21(26)16(13-24-23-30-3)10-14-4-7-17(8-5-14)31-20(19)12-15/h4-9,12,16,18,24H,10-11,13H2,1-3H3,(H,25,26)/t16-,18+/m1/s1. The third-order valence-corrected chi connectivity index (χ3v) is 5.04. The van der Waals surface area contributed by atoms with Crippen molar-refractivity contribution >= 4 is 19.5 Å². The zero-order valence-electron chi connectivity index (χ0n) is 17.8. The van der Waals surface area contributed by atoms with E-state index < -0.39 is 17.9 Å². The van der Waals surface area contributed by atoms with Gasteiger partial charge >= 0.3 is 13.6 Å². The van der Waals surface area contributed by atoms with Crippen molar-refractivity contribution in [3.05, 3.63) is 53.6 Å². The van der Waals surface area contributed by atoms with E-state index in [-0.39, 0.29) is 12.3 Å². The molecule has 163 valence electrons. The number of ether oxygens (including phenoxy) is 3. The van der Waals surface area contributed by atoms with Crippen molar-refractivity contribution in [2.24, 2.45) is 5.92 Å². The van der Waals surface area contributed by atoms with Crippen molar-refractivity contribution in [2.45, 2.75) is 18.9 Å². The minimum Gasteiger partial charge on any atom is -0.493 e. The maximum atomic E-state index is 13.1. The quantitative estimate of drug-likeness (QED) is 0.413. The van der Waals surface area contributed by atoms with Gasteiger partial charge in [0.2, 0.25) is 5.91 Å². The van der Waals surface area contributed by atoms with Crippen molar-refractivity contribution < 1.29 is 28.5 Å². The van der Waals surface area contributed by atoms with Crippen LogP contribution in [0.5, 0.6) is 17.2 Å². The molecule has 2 N–H and O–H groups in total. The summed E-state index contributed by atoms with van der Waals surface area (Å²) in [4.78, 5) is 25.5. The first-order valence-electron chi connectivity index (χ1n) is 9.93. The number of carbonyl (C=O) groups excluding carboxylic acids is 2. The number of benzene rings is 2. The van der Waals surface area contributed by atoms with E-state index in [1.165, 1.54) is 21.8 Å². The zero-order chi connectivity index (χ0) is 22.2. The molecule has 31 heavy (non-hydrogen) atoms. The molecule has 0 aromatic heterocycles. The molecule has 2 aromatic rings. The predicted octanol–water partition coefficient (Wildman–Crippen LogP) is 1.63. The molecule has 8 nitrogen and oxygen atoms in total. The molecule has 1 amide bonds. The average molecular weight is 425 g/mol. The molecule has 2 heterocycles. The number of esters is 1. The number of fused-ring (bicyclic) bond motifs is 7. The smallest absolute Gasteiger partial charge is 0.395 e. The molecule has 0 spiro atoms. The van der Waals surface area contributed by atoms with Crippen LogP contribution in [0.15, 0.2) is 42.5 Å². The summed E-state index contributed by atoms with van der Waals surface area (Å²) in [7, 11) is 5.81. The molecule has 9 heteroatoms. The first kappa shape index (κ1) is 22.6. The summed E-state index contributed by atoms with van der Waals surface area (Å²) in [6.07, 6.45) is 0.722. The molecule has 2 aliphatic heterocycles. The molecule has 4 bridgehead atoms. The van der Waals surface area contributed by atoms with E-state index >= 15 is 0 Å². The van der Waals surface area contributed by atoms with E-state index in [0.717, 1.165) is 11.1 Å². The van der Waals surface area contributed by atoms with Gasteiger partial charge in [-0.25, -0.2) is 4.79 Å². The SMILES string of the molecule is CO[B]NC[C@H]1Cc2ccc(cc2)Oc2cc(ccc2OC)C[C@@H](C(=O)OC)NC1=O. The molecule has 0 saturated heterocycles. The number of hydrogen-bond acceptors (Lipinski definition) is 7. The lowest BCUT2D eigenvalue weighted by Gasteiger charge is -2.23. The second-order valence-corrected chi connectivity index (χ2v) is 7.18. The van der Waals surface area contributed by atoms with Gasteiger partial charge in [-0.15, -0.1) is 0 Å². The summed E-state index contributed by atoms with van der Waals surface area (Å²) in [6.45, 7) is 0.346. The molecule has 1 radical (unpaired) electrons. The summed E-state index contributed by atoms with van der Waals surface area (Å²) >= 11 is 0. The van der Waals surface area contributed by atoms with E-state index in [2.05, 4.69) is 10.5 Å². The van der Waals surface area contributed by atoms with Gasteiger partial charge in [0.15, 0.2) is 11.5 Å². The largest absolute Gasteiger partial charge is 0.493 e. The highest BCUT2D eigenvalue weighted by Crippen LogP contribution is 2.33.